The number of hydrogen-bond acceptors (Lipinski definition) is 4. The first-order valence-corrected chi connectivity index (χ1v) is 8.51. The van der Waals surface area contributed by atoms with E-state index in [4.69, 9.17) is 4.42 Å². The van der Waals surface area contributed by atoms with Crippen molar-refractivity contribution in [3.63, 3.8) is 0 Å². The van der Waals surface area contributed by atoms with E-state index in [-0.39, 0.29) is 6.54 Å². The van der Waals surface area contributed by atoms with Crippen molar-refractivity contribution in [2.45, 2.75) is 13.1 Å². The van der Waals surface area contributed by atoms with Gasteiger partial charge in [0.2, 0.25) is 5.91 Å². The van der Waals surface area contributed by atoms with Crippen LogP contribution in [0.15, 0.2) is 58.5 Å². The van der Waals surface area contributed by atoms with Crippen molar-refractivity contribution in [3.8, 4) is 0 Å². The van der Waals surface area contributed by atoms with E-state index in [1.54, 1.807) is 23.7 Å². The number of amides is 1. The number of nitrogens with one attached hydrogen (secondary N) is 1. The maximum atomic E-state index is 13.7. The van der Waals surface area contributed by atoms with Crippen molar-refractivity contribution in [1.82, 2.24) is 4.90 Å². The van der Waals surface area contributed by atoms with E-state index in [9.17, 15) is 13.6 Å². The van der Waals surface area contributed by atoms with Gasteiger partial charge < -0.3 is 9.73 Å². The summed E-state index contributed by atoms with van der Waals surface area (Å²) in [4.78, 5) is 15.2. The number of hydrogen-bond donors (Lipinski definition) is 1. The predicted molar refractivity (Wildman–Crippen MR) is 92.1 cm³/mol. The second-order valence-electron chi connectivity index (χ2n) is 5.45. The molecule has 2 heterocycles. The van der Waals surface area contributed by atoms with Crippen LogP contribution >= 0.6 is 11.3 Å². The summed E-state index contributed by atoms with van der Waals surface area (Å²) in [5, 5.41) is 4.26. The summed E-state index contributed by atoms with van der Waals surface area (Å²) in [7, 11) is 0. The molecule has 0 radical (unpaired) electrons. The minimum absolute atomic E-state index is 0.0215. The van der Waals surface area contributed by atoms with E-state index in [1.807, 2.05) is 28.5 Å². The van der Waals surface area contributed by atoms with Gasteiger partial charge in [-0.2, -0.15) is 0 Å². The molecule has 0 saturated heterocycles. The van der Waals surface area contributed by atoms with Crippen molar-refractivity contribution in [2.24, 2.45) is 0 Å². The molecule has 2 aromatic heterocycles. The molecular formula is C18H16F2N2O2S. The molecule has 1 amide bonds. The number of carbonyl (C=O) groups excluding carboxylic acids is 1. The largest absolute Gasteiger partial charge is 0.468 e. The van der Waals surface area contributed by atoms with Crippen LogP contribution in [0.25, 0.3) is 0 Å². The van der Waals surface area contributed by atoms with Gasteiger partial charge in [-0.25, -0.2) is 8.78 Å². The van der Waals surface area contributed by atoms with Crippen molar-refractivity contribution in [2.75, 3.05) is 11.9 Å². The number of thiophene rings is 1. The zero-order chi connectivity index (χ0) is 17.6. The van der Waals surface area contributed by atoms with Crippen molar-refractivity contribution >= 4 is 22.9 Å². The van der Waals surface area contributed by atoms with Crippen LogP contribution in [0.4, 0.5) is 14.5 Å². The Bertz CT molecular complexity index is 763. The smallest absolute Gasteiger partial charge is 0.238 e. The summed E-state index contributed by atoms with van der Waals surface area (Å²) in [5.74, 6) is -1.39. The normalized spacial score (nSPS) is 11.0. The lowest BCUT2D eigenvalue weighted by Crippen LogP contribution is -2.32. The Morgan fingerprint density at radius 2 is 1.88 bits per heavy atom. The summed E-state index contributed by atoms with van der Waals surface area (Å²) in [6.45, 7) is 0.927. The second kappa shape index (κ2) is 8.04. The summed E-state index contributed by atoms with van der Waals surface area (Å²) < 4.78 is 32.7. The van der Waals surface area contributed by atoms with Crippen LogP contribution in [0.5, 0.6) is 0 Å². The number of rotatable bonds is 7. The molecule has 0 aliphatic rings. The molecular weight excluding hydrogens is 346 g/mol. The lowest BCUT2D eigenvalue weighted by Gasteiger charge is -2.20. The maximum Gasteiger partial charge on any atom is 0.238 e. The van der Waals surface area contributed by atoms with Crippen LogP contribution in [0.3, 0.4) is 0 Å². The Kier molecular flexibility index (Phi) is 5.57. The van der Waals surface area contributed by atoms with Crippen LogP contribution in [0, 0.1) is 11.6 Å². The van der Waals surface area contributed by atoms with Gasteiger partial charge in [0.15, 0.2) is 0 Å². The molecule has 0 aliphatic carbocycles. The summed E-state index contributed by atoms with van der Waals surface area (Å²) in [5.41, 5.74) is -0.429. The van der Waals surface area contributed by atoms with Gasteiger partial charge in [-0.3, -0.25) is 9.69 Å². The SMILES string of the molecule is O=C(CN(Cc1ccco1)Cc1cccs1)Nc1c(F)cccc1F. The molecule has 7 heteroatoms. The standard InChI is InChI=1S/C18H16F2N2O2S/c19-15-6-1-7-16(20)18(15)21-17(23)12-22(10-13-4-2-8-24-13)11-14-5-3-9-25-14/h1-9H,10-12H2,(H,21,23). The lowest BCUT2D eigenvalue weighted by atomic mass is 10.3. The predicted octanol–water partition coefficient (Wildman–Crippen LogP) is 4.26. The first kappa shape index (κ1) is 17.3. The van der Waals surface area contributed by atoms with Gasteiger partial charge in [0, 0.05) is 11.4 Å². The minimum atomic E-state index is -0.802. The molecule has 0 aliphatic heterocycles. The van der Waals surface area contributed by atoms with Crippen LogP contribution in [0.1, 0.15) is 10.6 Å². The fourth-order valence-corrected chi connectivity index (χ4v) is 3.16. The first-order valence-electron chi connectivity index (χ1n) is 7.63. The molecule has 0 atom stereocenters. The molecule has 25 heavy (non-hydrogen) atoms. The average Bonchev–Trinajstić information content (AvgIpc) is 3.25. The quantitative estimate of drug-likeness (QED) is 0.683. The summed E-state index contributed by atoms with van der Waals surface area (Å²) in [6.07, 6.45) is 1.56. The molecule has 130 valence electrons. The molecule has 0 unspecified atom stereocenters. The zero-order valence-corrected chi connectivity index (χ0v) is 14.1. The van der Waals surface area contributed by atoms with Gasteiger partial charge >= 0.3 is 0 Å². The number of halogens is 2. The van der Waals surface area contributed by atoms with Crippen LogP contribution in [0.2, 0.25) is 0 Å². The number of benzene rings is 1. The molecule has 0 fully saturated rings. The third kappa shape index (κ3) is 4.74. The van der Waals surface area contributed by atoms with Gasteiger partial charge in [-0.1, -0.05) is 12.1 Å². The van der Waals surface area contributed by atoms with E-state index in [2.05, 4.69) is 5.32 Å². The number of anilines is 1. The van der Waals surface area contributed by atoms with Gasteiger partial charge in [0.25, 0.3) is 0 Å². The molecule has 1 N–H and O–H groups in total. The molecule has 3 rings (SSSR count). The van der Waals surface area contributed by atoms with E-state index < -0.39 is 23.2 Å². The second-order valence-corrected chi connectivity index (χ2v) is 6.48. The number of para-hydroxylation sites is 1. The van der Waals surface area contributed by atoms with Crippen LogP contribution in [-0.2, 0) is 17.9 Å². The number of nitrogens with zero attached hydrogens (tertiary/aromatic N) is 1. The highest BCUT2D eigenvalue weighted by molar-refractivity contribution is 7.09. The highest BCUT2D eigenvalue weighted by Crippen LogP contribution is 2.19. The molecule has 0 saturated carbocycles. The lowest BCUT2D eigenvalue weighted by molar-refractivity contribution is -0.117. The average molecular weight is 362 g/mol. The topological polar surface area (TPSA) is 45.5 Å². The molecule has 3 aromatic rings. The third-order valence-corrected chi connectivity index (χ3v) is 4.37. The fraction of sp³-hybridized carbons (Fsp3) is 0.167. The molecule has 1 aromatic carbocycles. The Morgan fingerprint density at radius 1 is 1.08 bits per heavy atom. The van der Waals surface area contributed by atoms with Gasteiger partial charge in [-0.15, -0.1) is 11.3 Å². The van der Waals surface area contributed by atoms with E-state index in [0.29, 0.717) is 18.8 Å². The molecule has 4 nitrogen and oxygen atoms in total. The van der Waals surface area contributed by atoms with Crippen molar-refractivity contribution < 1.29 is 18.0 Å². The highest BCUT2D eigenvalue weighted by atomic mass is 32.1. The highest BCUT2D eigenvalue weighted by Gasteiger charge is 2.17. The summed E-state index contributed by atoms with van der Waals surface area (Å²) >= 11 is 1.58. The molecule has 0 bridgehead atoms. The Morgan fingerprint density at radius 3 is 2.52 bits per heavy atom. The maximum absolute atomic E-state index is 13.7. The third-order valence-electron chi connectivity index (χ3n) is 3.51. The zero-order valence-electron chi connectivity index (χ0n) is 13.2. The Labute approximate surface area is 147 Å². The molecule has 0 spiro atoms. The monoisotopic (exact) mass is 362 g/mol. The Balaban J connectivity index is 1.69. The van der Waals surface area contributed by atoms with Gasteiger partial charge in [0.05, 0.1) is 19.4 Å². The van der Waals surface area contributed by atoms with E-state index in [1.165, 1.54) is 6.07 Å². The Hall–Kier alpha value is -2.51. The van der Waals surface area contributed by atoms with Gasteiger partial charge in [-0.05, 0) is 35.7 Å². The van der Waals surface area contributed by atoms with E-state index >= 15 is 0 Å². The van der Waals surface area contributed by atoms with Crippen LogP contribution in [-0.4, -0.2) is 17.4 Å². The summed E-state index contributed by atoms with van der Waals surface area (Å²) in [6, 6.07) is 10.9. The van der Waals surface area contributed by atoms with E-state index in [0.717, 1.165) is 17.0 Å². The van der Waals surface area contributed by atoms with Crippen molar-refractivity contribution in [1.29, 1.82) is 0 Å². The fourth-order valence-electron chi connectivity index (χ4n) is 2.41. The van der Waals surface area contributed by atoms with Crippen LogP contribution < -0.4 is 5.32 Å². The minimum Gasteiger partial charge on any atom is -0.468 e. The van der Waals surface area contributed by atoms with Gasteiger partial charge in [0.1, 0.15) is 23.1 Å². The van der Waals surface area contributed by atoms with Crippen molar-refractivity contribution in [3.05, 3.63) is 76.4 Å². The number of carbonyl (C=O) groups is 1. The number of furan rings is 1. The first-order chi connectivity index (χ1) is 12.1.